The summed E-state index contributed by atoms with van der Waals surface area (Å²) in [5.41, 5.74) is 7.07. The zero-order valence-corrected chi connectivity index (χ0v) is 11.6. The van der Waals surface area contributed by atoms with Crippen LogP contribution in [0.1, 0.15) is 35.2 Å². The zero-order valence-electron chi connectivity index (χ0n) is 11.6. The van der Waals surface area contributed by atoms with Crippen LogP contribution in [0, 0.1) is 0 Å². The van der Waals surface area contributed by atoms with E-state index in [2.05, 4.69) is 5.32 Å². The number of carbonyl (C=O) groups excluding carboxylic acids is 2. The summed E-state index contributed by atoms with van der Waals surface area (Å²) in [4.78, 5) is 25.2. The first-order chi connectivity index (χ1) is 9.70. The van der Waals surface area contributed by atoms with Gasteiger partial charge in [0.2, 0.25) is 5.91 Å². The van der Waals surface area contributed by atoms with Crippen LogP contribution in [0.25, 0.3) is 0 Å². The van der Waals surface area contributed by atoms with Gasteiger partial charge in [0.15, 0.2) is 0 Å². The van der Waals surface area contributed by atoms with E-state index in [0.717, 1.165) is 24.9 Å². The standard InChI is InChI=1S/C15H21N3O2/c16-8-2-9-17-15(20)13-6-4-12(5-7-13)11-18-10-1-3-14(18)19/h4-7H,1-3,8-11,16H2,(H,17,20). The van der Waals surface area contributed by atoms with E-state index in [4.69, 9.17) is 5.73 Å². The normalized spacial score (nSPS) is 14.7. The van der Waals surface area contributed by atoms with Crippen LogP contribution in [0.2, 0.25) is 0 Å². The van der Waals surface area contributed by atoms with E-state index in [0.29, 0.717) is 31.6 Å². The molecule has 1 aliphatic heterocycles. The quantitative estimate of drug-likeness (QED) is 0.757. The Bertz CT molecular complexity index is 471. The Morgan fingerprint density at radius 2 is 2.05 bits per heavy atom. The van der Waals surface area contributed by atoms with E-state index in [1.807, 2.05) is 17.0 Å². The molecule has 1 fully saturated rings. The molecule has 1 heterocycles. The molecule has 0 saturated carbocycles. The number of likely N-dealkylation sites (tertiary alicyclic amines) is 1. The number of rotatable bonds is 6. The van der Waals surface area contributed by atoms with Crippen LogP contribution in [0.4, 0.5) is 0 Å². The third kappa shape index (κ3) is 3.81. The predicted octanol–water partition coefficient (Wildman–Crippen LogP) is 0.888. The molecule has 0 atom stereocenters. The third-order valence-electron chi connectivity index (χ3n) is 3.43. The highest BCUT2D eigenvalue weighted by Crippen LogP contribution is 2.14. The van der Waals surface area contributed by atoms with Gasteiger partial charge in [-0.3, -0.25) is 9.59 Å². The Morgan fingerprint density at radius 1 is 1.30 bits per heavy atom. The summed E-state index contributed by atoms with van der Waals surface area (Å²) in [7, 11) is 0. The predicted molar refractivity (Wildman–Crippen MR) is 77.1 cm³/mol. The molecule has 20 heavy (non-hydrogen) atoms. The lowest BCUT2D eigenvalue weighted by Crippen LogP contribution is -2.26. The van der Waals surface area contributed by atoms with Crippen LogP contribution in [-0.2, 0) is 11.3 Å². The van der Waals surface area contributed by atoms with Gasteiger partial charge in [-0.25, -0.2) is 0 Å². The fourth-order valence-electron chi connectivity index (χ4n) is 2.26. The minimum atomic E-state index is -0.0813. The fraction of sp³-hybridized carbons (Fsp3) is 0.467. The molecule has 1 aliphatic rings. The molecule has 0 aliphatic carbocycles. The molecule has 0 unspecified atom stereocenters. The van der Waals surface area contributed by atoms with Crippen molar-refractivity contribution in [3.05, 3.63) is 35.4 Å². The Morgan fingerprint density at radius 3 is 2.65 bits per heavy atom. The Hall–Kier alpha value is -1.88. The summed E-state index contributed by atoms with van der Waals surface area (Å²) in [5.74, 6) is 0.135. The van der Waals surface area contributed by atoms with Crippen LogP contribution in [-0.4, -0.2) is 36.3 Å². The molecule has 5 nitrogen and oxygen atoms in total. The first-order valence-corrected chi connectivity index (χ1v) is 7.05. The smallest absolute Gasteiger partial charge is 0.251 e. The second-order valence-corrected chi connectivity index (χ2v) is 5.01. The molecule has 0 radical (unpaired) electrons. The number of hydrogen-bond acceptors (Lipinski definition) is 3. The maximum Gasteiger partial charge on any atom is 0.251 e. The summed E-state index contributed by atoms with van der Waals surface area (Å²) in [6, 6.07) is 7.41. The van der Waals surface area contributed by atoms with Crippen LogP contribution in [0.5, 0.6) is 0 Å². The van der Waals surface area contributed by atoms with E-state index < -0.39 is 0 Å². The lowest BCUT2D eigenvalue weighted by molar-refractivity contribution is -0.128. The number of nitrogens with zero attached hydrogens (tertiary/aromatic N) is 1. The van der Waals surface area contributed by atoms with Gasteiger partial charge in [0.1, 0.15) is 0 Å². The maximum atomic E-state index is 11.8. The fourth-order valence-corrected chi connectivity index (χ4v) is 2.26. The van der Waals surface area contributed by atoms with Gasteiger partial charge in [-0.1, -0.05) is 12.1 Å². The first-order valence-electron chi connectivity index (χ1n) is 7.05. The van der Waals surface area contributed by atoms with Crippen molar-refractivity contribution in [1.29, 1.82) is 0 Å². The van der Waals surface area contributed by atoms with Crippen molar-refractivity contribution in [2.45, 2.75) is 25.8 Å². The van der Waals surface area contributed by atoms with Crippen LogP contribution >= 0.6 is 0 Å². The largest absolute Gasteiger partial charge is 0.352 e. The molecular weight excluding hydrogens is 254 g/mol. The van der Waals surface area contributed by atoms with Gasteiger partial charge in [0.25, 0.3) is 5.91 Å². The van der Waals surface area contributed by atoms with Crippen molar-refractivity contribution < 1.29 is 9.59 Å². The molecular formula is C15H21N3O2. The molecule has 3 N–H and O–H groups in total. The van der Waals surface area contributed by atoms with E-state index in [1.165, 1.54) is 0 Å². The average molecular weight is 275 g/mol. The molecule has 0 aromatic heterocycles. The SMILES string of the molecule is NCCCNC(=O)c1ccc(CN2CCCC2=O)cc1. The van der Waals surface area contributed by atoms with E-state index >= 15 is 0 Å². The number of carbonyl (C=O) groups is 2. The van der Waals surface area contributed by atoms with E-state index in [9.17, 15) is 9.59 Å². The highest BCUT2D eigenvalue weighted by molar-refractivity contribution is 5.94. The monoisotopic (exact) mass is 275 g/mol. The van der Waals surface area contributed by atoms with Gasteiger partial charge in [-0.15, -0.1) is 0 Å². The van der Waals surface area contributed by atoms with Crippen LogP contribution in [0.15, 0.2) is 24.3 Å². The number of hydrogen-bond donors (Lipinski definition) is 2. The number of amides is 2. The van der Waals surface area contributed by atoms with Crippen LogP contribution in [0.3, 0.4) is 0 Å². The van der Waals surface area contributed by atoms with Gasteiger partial charge < -0.3 is 16.0 Å². The molecule has 5 heteroatoms. The molecule has 108 valence electrons. The van der Waals surface area contributed by atoms with Gasteiger partial charge in [0.05, 0.1) is 0 Å². The van der Waals surface area contributed by atoms with Gasteiger partial charge >= 0.3 is 0 Å². The molecule has 1 saturated heterocycles. The van der Waals surface area contributed by atoms with Crippen molar-refractivity contribution in [2.24, 2.45) is 5.73 Å². The molecule has 1 aromatic rings. The topological polar surface area (TPSA) is 75.4 Å². The minimum absolute atomic E-state index is 0.0813. The summed E-state index contributed by atoms with van der Waals surface area (Å²) in [6.07, 6.45) is 2.38. The van der Waals surface area contributed by atoms with Crippen molar-refractivity contribution in [3.63, 3.8) is 0 Å². The molecule has 1 aromatic carbocycles. The number of nitrogens with two attached hydrogens (primary N) is 1. The number of nitrogens with one attached hydrogen (secondary N) is 1. The zero-order chi connectivity index (χ0) is 14.4. The highest BCUT2D eigenvalue weighted by Gasteiger charge is 2.19. The molecule has 0 bridgehead atoms. The van der Waals surface area contributed by atoms with Crippen LogP contribution < -0.4 is 11.1 Å². The van der Waals surface area contributed by atoms with Crippen molar-refractivity contribution in [3.8, 4) is 0 Å². The average Bonchev–Trinajstić information content (AvgIpc) is 2.85. The Kier molecular flexibility index (Phi) is 5.12. The van der Waals surface area contributed by atoms with E-state index in [-0.39, 0.29) is 11.8 Å². The molecule has 0 spiro atoms. The molecule has 2 rings (SSSR count). The van der Waals surface area contributed by atoms with E-state index in [1.54, 1.807) is 12.1 Å². The lowest BCUT2D eigenvalue weighted by atomic mass is 10.1. The summed E-state index contributed by atoms with van der Waals surface area (Å²) in [6.45, 7) is 2.64. The maximum absolute atomic E-state index is 11.8. The van der Waals surface area contributed by atoms with Gasteiger partial charge in [0, 0.05) is 31.6 Å². The summed E-state index contributed by atoms with van der Waals surface area (Å²) in [5, 5.41) is 2.82. The second-order valence-electron chi connectivity index (χ2n) is 5.01. The number of benzene rings is 1. The Labute approximate surface area is 119 Å². The summed E-state index contributed by atoms with van der Waals surface area (Å²) >= 11 is 0. The van der Waals surface area contributed by atoms with Crippen molar-refractivity contribution in [1.82, 2.24) is 10.2 Å². The van der Waals surface area contributed by atoms with Crippen molar-refractivity contribution >= 4 is 11.8 Å². The van der Waals surface area contributed by atoms with Gasteiger partial charge in [-0.2, -0.15) is 0 Å². The van der Waals surface area contributed by atoms with Crippen molar-refractivity contribution in [2.75, 3.05) is 19.6 Å². The third-order valence-corrected chi connectivity index (χ3v) is 3.43. The molecule has 2 amide bonds. The Balaban J connectivity index is 1.89. The van der Waals surface area contributed by atoms with Gasteiger partial charge in [-0.05, 0) is 37.1 Å². The second kappa shape index (κ2) is 7.05. The lowest BCUT2D eigenvalue weighted by Gasteiger charge is -2.15. The first kappa shape index (κ1) is 14.5. The summed E-state index contributed by atoms with van der Waals surface area (Å²) < 4.78 is 0. The highest BCUT2D eigenvalue weighted by atomic mass is 16.2. The minimum Gasteiger partial charge on any atom is -0.352 e.